The van der Waals surface area contributed by atoms with Crippen LogP contribution >= 0.6 is 0 Å². The van der Waals surface area contributed by atoms with Crippen LogP contribution in [0.2, 0.25) is 0 Å². The topological polar surface area (TPSA) is 61.4 Å². The third-order valence-electron chi connectivity index (χ3n) is 3.76. The van der Waals surface area contributed by atoms with Crippen molar-refractivity contribution in [3.63, 3.8) is 0 Å². The molecule has 1 rings (SSSR count). The smallest absolute Gasteiger partial charge is 0.279 e. The van der Waals surface area contributed by atoms with Crippen molar-refractivity contribution >= 4 is 10.2 Å². The number of piperidine rings is 1. The lowest BCUT2D eigenvalue weighted by atomic mass is 10.1. The normalized spacial score (nSPS) is 22.9. The minimum absolute atomic E-state index is 0.0103. The number of nitrogens with one attached hydrogen (secondary N) is 2. The van der Waals surface area contributed by atoms with Crippen LogP contribution in [0.25, 0.3) is 0 Å². The van der Waals surface area contributed by atoms with E-state index in [4.69, 9.17) is 0 Å². The van der Waals surface area contributed by atoms with E-state index in [2.05, 4.69) is 23.9 Å². The molecule has 20 heavy (non-hydrogen) atoms. The first kappa shape index (κ1) is 17.9. The summed E-state index contributed by atoms with van der Waals surface area (Å²) in [4.78, 5) is 0. The van der Waals surface area contributed by atoms with Crippen molar-refractivity contribution < 1.29 is 8.42 Å². The van der Waals surface area contributed by atoms with Crippen LogP contribution in [0.5, 0.6) is 0 Å². The molecule has 6 heteroatoms. The zero-order chi connectivity index (χ0) is 15.0. The quantitative estimate of drug-likeness (QED) is 0.639. The third kappa shape index (κ3) is 5.68. The molecule has 1 heterocycles. The highest BCUT2D eigenvalue weighted by molar-refractivity contribution is 7.87. The molecule has 2 atom stereocenters. The number of hydrogen-bond donors (Lipinski definition) is 2. The predicted octanol–water partition coefficient (Wildman–Crippen LogP) is 1.86. The van der Waals surface area contributed by atoms with Gasteiger partial charge in [-0.2, -0.15) is 17.4 Å². The van der Waals surface area contributed by atoms with Gasteiger partial charge in [-0.05, 0) is 39.2 Å². The van der Waals surface area contributed by atoms with Crippen molar-refractivity contribution in [3.05, 3.63) is 0 Å². The summed E-state index contributed by atoms with van der Waals surface area (Å²) < 4.78 is 29.5. The van der Waals surface area contributed by atoms with Crippen LogP contribution in [0, 0.1) is 0 Å². The summed E-state index contributed by atoms with van der Waals surface area (Å²) in [6.45, 7) is 8.49. The van der Waals surface area contributed by atoms with E-state index in [9.17, 15) is 8.42 Å². The molecule has 0 bridgehead atoms. The maximum atomic E-state index is 12.5. The van der Waals surface area contributed by atoms with Crippen molar-refractivity contribution in [2.24, 2.45) is 0 Å². The minimum atomic E-state index is -3.35. The van der Waals surface area contributed by atoms with Gasteiger partial charge < -0.3 is 5.32 Å². The van der Waals surface area contributed by atoms with Gasteiger partial charge in [-0.3, -0.25) is 0 Å². The predicted molar refractivity (Wildman–Crippen MR) is 83.9 cm³/mol. The second kappa shape index (κ2) is 8.97. The molecule has 0 aliphatic carbocycles. The van der Waals surface area contributed by atoms with Gasteiger partial charge in [0.15, 0.2) is 0 Å². The molecule has 0 radical (unpaired) electrons. The number of rotatable bonds is 9. The Morgan fingerprint density at radius 1 is 1.25 bits per heavy atom. The van der Waals surface area contributed by atoms with E-state index in [1.165, 1.54) is 0 Å². The highest BCUT2D eigenvalue weighted by Crippen LogP contribution is 2.19. The van der Waals surface area contributed by atoms with Gasteiger partial charge in [0.1, 0.15) is 0 Å². The average Bonchev–Trinajstić information content (AvgIpc) is 2.39. The Hall–Kier alpha value is -0.170. The minimum Gasteiger partial charge on any atom is -0.315 e. The lowest BCUT2D eigenvalue weighted by molar-refractivity contribution is 0.241. The van der Waals surface area contributed by atoms with Crippen LogP contribution in [0.15, 0.2) is 0 Å². The van der Waals surface area contributed by atoms with Crippen LogP contribution < -0.4 is 10.0 Å². The van der Waals surface area contributed by atoms with Gasteiger partial charge in [0, 0.05) is 25.2 Å². The van der Waals surface area contributed by atoms with Gasteiger partial charge in [-0.1, -0.05) is 26.7 Å². The van der Waals surface area contributed by atoms with Crippen molar-refractivity contribution in [2.45, 2.75) is 71.4 Å². The summed E-state index contributed by atoms with van der Waals surface area (Å²) in [6, 6.07) is 0.109. The largest absolute Gasteiger partial charge is 0.315 e. The summed E-state index contributed by atoms with van der Waals surface area (Å²) in [7, 11) is -3.35. The Labute approximate surface area is 124 Å². The standard InChI is InChI=1S/C14H31N3O2S/c1-4-8-13(3)16-20(18,19)17-11-7-6-9-14(17)12-15-10-5-2/h13-16H,4-12H2,1-3H3. The van der Waals surface area contributed by atoms with Crippen LogP contribution in [-0.4, -0.2) is 44.4 Å². The van der Waals surface area contributed by atoms with Crippen molar-refractivity contribution in [1.29, 1.82) is 0 Å². The second-order valence-electron chi connectivity index (χ2n) is 5.78. The van der Waals surface area contributed by atoms with Gasteiger partial charge in [0.2, 0.25) is 0 Å². The molecular formula is C14H31N3O2S. The Balaban J connectivity index is 2.62. The lowest BCUT2D eigenvalue weighted by Gasteiger charge is -2.35. The molecule has 0 amide bonds. The number of nitrogens with zero attached hydrogens (tertiary/aromatic N) is 1. The van der Waals surface area contributed by atoms with Gasteiger partial charge >= 0.3 is 0 Å². The Kier molecular flexibility index (Phi) is 8.02. The van der Waals surface area contributed by atoms with Gasteiger partial charge in [0.05, 0.1) is 0 Å². The molecule has 1 fully saturated rings. The first-order valence-corrected chi connectivity index (χ1v) is 9.45. The maximum absolute atomic E-state index is 12.5. The number of hydrogen-bond acceptors (Lipinski definition) is 3. The average molecular weight is 305 g/mol. The SMILES string of the molecule is CCCNCC1CCCCN1S(=O)(=O)NC(C)CCC. The highest BCUT2D eigenvalue weighted by atomic mass is 32.2. The molecule has 0 spiro atoms. The fraction of sp³-hybridized carbons (Fsp3) is 1.00. The molecule has 1 saturated heterocycles. The van der Waals surface area contributed by atoms with E-state index in [0.717, 1.165) is 51.6 Å². The monoisotopic (exact) mass is 305 g/mol. The van der Waals surface area contributed by atoms with E-state index < -0.39 is 10.2 Å². The van der Waals surface area contributed by atoms with Gasteiger partial charge in [-0.15, -0.1) is 0 Å². The molecule has 2 unspecified atom stereocenters. The Morgan fingerprint density at radius 3 is 2.65 bits per heavy atom. The molecule has 120 valence electrons. The fourth-order valence-electron chi connectivity index (χ4n) is 2.75. The maximum Gasteiger partial charge on any atom is 0.279 e. The van der Waals surface area contributed by atoms with E-state index in [0.29, 0.717) is 6.54 Å². The summed E-state index contributed by atoms with van der Waals surface area (Å²) in [5.74, 6) is 0. The molecular weight excluding hydrogens is 274 g/mol. The van der Waals surface area contributed by atoms with Crippen LogP contribution in [0.4, 0.5) is 0 Å². The van der Waals surface area contributed by atoms with E-state index in [1.54, 1.807) is 4.31 Å². The van der Waals surface area contributed by atoms with E-state index in [-0.39, 0.29) is 12.1 Å². The molecule has 5 nitrogen and oxygen atoms in total. The van der Waals surface area contributed by atoms with Crippen molar-refractivity contribution in [2.75, 3.05) is 19.6 Å². The van der Waals surface area contributed by atoms with Crippen molar-refractivity contribution in [1.82, 2.24) is 14.3 Å². The van der Waals surface area contributed by atoms with E-state index in [1.807, 2.05) is 6.92 Å². The highest BCUT2D eigenvalue weighted by Gasteiger charge is 2.32. The zero-order valence-corrected chi connectivity index (χ0v) is 14.0. The first-order valence-electron chi connectivity index (χ1n) is 8.01. The molecule has 0 aromatic carbocycles. The third-order valence-corrected chi connectivity index (χ3v) is 5.56. The molecule has 0 aromatic heterocycles. The molecule has 1 aliphatic heterocycles. The Bertz CT molecular complexity index is 359. The lowest BCUT2D eigenvalue weighted by Crippen LogP contribution is -2.53. The van der Waals surface area contributed by atoms with Crippen LogP contribution in [0.3, 0.4) is 0 Å². The van der Waals surface area contributed by atoms with Crippen molar-refractivity contribution in [3.8, 4) is 0 Å². The first-order chi connectivity index (χ1) is 9.51. The second-order valence-corrected chi connectivity index (χ2v) is 7.43. The van der Waals surface area contributed by atoms with Gasteiger partial charge in [0.25, 0.3) is 10.2 Å². The van der Waals surface area contributed by atoms with Crippen LogP contribution in [-0.2, 0) is 10.2 Å². The molecule has 2 N–H and O–H groups in total. The Morgan fingerprint density at radius 2 is 2.00 bits per heavy atom. The summed E-state index contributed by atoms with van der Waals surface area (Å²) >= 11 is 0. The molecule has 1 aliphatic rings. The summed E-state index contributed by atoms with van der Waals surface area (Å²) in [6.07, 6.45) is 5.99. The van der Waals surface area contributed by atoms with E-state index >= 15 is 0 Å². The van der Waals surface area contributed by atoms with Crippen LogP contribution in [0.1, 0.15) is 59.3 Å². The zero-order valence-electron chi connectivity index (χ0n) is 13.2. The molecule has 0 aromatic rings. The fourth-order valence-corrected chi connectivity index (χ4v) is 4.46. The van der Waals surface area contributed by atoms with Gasteiger partial charge in [-0.25, -0.2) is 0 Å². The summed E-state index contributed by atoms with van der Waals surface area (Å²) in [5, 5.41) is 3.35. The molecule has 0 saturated carbocycles. The summed E-state index contributed by atoms with van der Waals surface area (Å²) in [5.41, 5.74) is 0.